The number of benzene rings is 1. The van der Waals surface area contributed by atoms with Gasteiger partial charge in [0, 0.05) is 5.69 Å². The number of hydrogen-bond donors (Lipinski definition) is 2. The lowest BCUT2D eigenvalue weighted by Crippen LogP contribution is -2.05. The van der Waals surface area contributed by atoms with E-state index in [2.05, 4.69) is 10.3 Å². The molecule has 1 aromatic carbocycles. The maximum atomic E-state index is 12.9. The monoisotopic (exact) mass is 246 g/mol. The molecule has 0 aliphatic heterocycles. The number of anilines is 2. The van der Waals surface area contributed by atoms with Crippen LogP contribution in [0.2, 0.25) is 0 Å². The van der Waals surface area contributed by atoms with Crippen LogP contribution in [0.3, 0.4) is 0 Å². The highest BCUT2D eigenvalue weighted by molar-refractivity contribution is 5.93. The Balaban J connectivity index is 2.34. The van der Waals surface area contributed by atoms with Gasteiger partial charge in [-0.15, -0.1) is 0 Å². The second-order valence-corrected chi connectivity index (χ2v) is 3.85. The van der Waals surface area contributed by atoms with Crippen molar-refractivity contribution in [2.45, 2.75) is 6.92 Å². The molecule has 0 bridgehead atoms. The standard InChI is InChI=1S/C13H11FN2O2/c1-8-2-4-10(5-3-8)16-12-11(13(17)18)6-9(14)7-15-12/h2-7H,1H3,(H,15,16)(H,17,18). The second-order valence-electron chi connectivity index (χ2n) is 3.85. The Bertz CT molecular complexity index is 582. The Hall–Kier alpha value is -2.43. The van der Waals surface area contributed by atoms with E-state index in [0.717, 1.165) is 17.8 Å². The topological polar surface area (TPSA) is 62.2 Å². The van der Waals surface area contributed by atoms with Crippen molar-refractivity contribution in [2.24, 2.45) is 0 Å². The highest BCUT2D eigenvalue weighted by Crippen LogP contribution is 2.19. The molecule has 2 rings (SSSR count). The molecule has 0 unspecified atom stereocenters. The van der Waals surface area contributed by atoms with Crippen LogP contribution in [0.25, 0.3) is 0 Å². The molecule has 4 nitrogen and oxygen atoms in total. The molecule has 2 aromatic rings. The molecule has 0 spiro atoms. The number of nitrogens with zero attached hydrogens (tertiary/aromatic N) is 1. The number of rotatable bonds is 3. The third-order valence-corrected chi connectivity index (χ3v) is 2.40. The van der Waals surface area contributed by atoms with Crippen LogP contribution in [0.15, 0.2) is 36.5 Å². The Morgan fingerprint density at radius 1 is 1.33 bits per heavy atom. The SMILES string of the molecule is Cc1ccc(Nc2ncc(F)cc2C(=O)O)cc1. The molecule has 0 amide bonds. The van der Waals surface area contributed by atoms with Crippen molar-refractivity contribution in [1.29, 1.82) is 0 Å². The van der Waals surface area contributed by atoms with Gasteiger partial charge in [-0.3, -0.25) is 0 Å². The molecule has 0 aliphatic carbocycles. The minimum atomic E-state index is -1.23. The lowest BCUT2D eigenvalue weighted by molar-refractivity contribution is 0.0697. The first kappa shape index (κ1) is 12.0. The Morgan fingerprint density at radius 3 is 2.61 bits per heavy atom. The van der Waals surface area contributed by atoms with Crippen LogP contribution in [-0.2, 0) is 0 Å². The largest absolute Gasteiger partial charge is 0.478 e. The summed E-state index contributed by atoms with van der Waals surface area (Å²) in [7, 11) is 0. The minimum Gasteiger partial charge on any atom is -0.478 e. The zero-order valence-corrected chi connectivity index (χ0v) is 9.64. The molecule has 1 heterocycles. The van der Waals surface area contributed by atoms with Crippen LogP contribution in [0.4, 0.5) is 15.9 Å². The van der Waals surface area contributed by atoms with Gasteiger partial charge in [0.1, 0.15) is 17.2 Å². The van der Waals surface area contributed by atoms with E-state index in [1.54, 1.807) is 12.1 Å². The molecular formula is C13H11FN2O2. The third-order valence-electron chi connectivity index (χ3n) is 2.40. The van der Waals surface area contributed by atoms with E-state index in [9.17, 15) is 9.18 Å². The minimum absolute atomic E-state index is 0.118. The smallest absolute Gasteiger partial charge is 0.339 e. The van der Waals surface area contributed by atoms with Crippen molar-refractivity contribution in [2.75, 3.05) is 5.32 Å². The number of carbonyl (C=O) groups is 1. The molecule has 0 atom stereocenters. The average molecular weight is 246 g/mol. The molecule has 5 heteroatoms. The maximum Gasteiger partial charge on any atom is 0.339 e. The van der Waals surface area contributed by atoms with E-state index in [0.29, 0.717) is 5.69 Å². The quantitative estimate of drug-likeness (QED) is 0.874. The van der Waals surface area contributed by atoms with Crippen LogP contribution >= 0.6 is 0 Å². The van der Waals surface area contributed by atoms with Gasteiger partial charge in [-0.05, 0) is 25.1 Å². The summed E-state index contributed by atoms with van der Waals surface area (Å²) in [6.45, 7) is 1.95. The van der Waals surface area contributed by atoms with Crippen LogP contribution < -0.4 is 5.32 Å². The van der Waals surface area contributed by atoms with Crippen LogP contribution in [0, 0.1) is 12.7 Å². The van der Waals surface area contributed by atoms with Gasteiger partial charge in [-0.1, -0.05) is 17.7 Å². The molecule has 1 aromatic heterocycles. The molecule has 18 heavy (non-hydrogen) atoms. The Morgan fingerprint density at radius 2 is 2.00 bits per heavy atom. The second kappa shape index (κ2) is 4.83. The van der Waals surface area contributed by atoms with Crippen molar-refractivity contribution in [3.8, 4) is 0 Å². The van der Waals surface area contributed by atoms with Crippen molar-refractivity contribution in [3.05, 3.63) is 53.5 Å². The van der Waals surface area contributed by atoms with E-state index in [-0.39, 0.29) is 11.4 Å². The summed E-state index contributed by atoms with van der Waals surface area (Å²) < 4.78 is 12.9. The highest BCUT2D eigenvalue weighted by atomic mass is 19.1. The molecule has 0 radical (unpaired) electrons. The fourth-order valence-corrected chi connectivity index (χ4v) is 1.48. The molecular weight excluding hydrogens is 235 g/mol. The number of halogens is 1. The Kier molecular flexibility index (Phi) is 3.23. The number of carboxylic acid groups (broad SMARTS) is 1. The number of nitrogens with one attached hydrogen (secondary N) is 1. The Labute approximate surface area is 103 Å². The number of carboxylic acids is 1. The number of aromatic carboxylic acids is 1. The molecule has 0 saturated heterocycles. The number of aryl methyl sites for hydroxylation is 1. The lowest BCUT2D eigenvalue weighted by Gasteiger charge is -2.08. The van der Waals surface area contributed by atoms with Crippen LogP contribution in [0.1, 0.15) is 15.9 Å². The van der Waals surface area contributed by atoms with Crippen molar-refractivity contribution in [3.63, 3.8) is 0 Å². The summed E-state index contributed by atoms with van der Waals surface area (Å²) in [6.07, 6.45) is 0.975. The predicted molar refractivity (Wildman–Crippen MR) is 65.6 cm³/mol. The summed E-state index contributed by atoms with van der Waals surface area (Å²) in [5, 5.41) is 11.8. The molecule has 0 saturated carbocycles. The zero-order chi connectivity index (χ0) is 13.1. The predicted octanol–water partition coefficient (Wildman–Crippen LogP) is 2.97. The van der Waals surface area contributed by atoms with E-state index in [1.807, 2.05) is 19.1 Å². The fraction of sp³-hybridized carbons (Fsp3) is 0.0769. The summed E-state index contributed by atoms with van der Waals surface area (Å²) in [5.74, 6) is -1.79. The highest BCUT2D eigenvalue weighted by Gasteiger charge is 2.12. The van der Waals surface area contributed by atoms with Gasteiger partial charge in [-0.25, -0.2) is 14.2 Å². The van der Waals surface area contributed by atoms with Crippen LogP contribution in [-0.4, -0.2) is 16.1 Å². The van der Waals surface area contributed by atoms with Crippen molar-refractivity contribution < 1.29 is 14.3 Å². The first-order valence-corrected chi connectivity index (χ1v) is 5.29. The summed E-state index contributed by atoms with van der Waals surface area (Å²) in [5.41, 5.74) is 1.59. The first-order valence-electron chi connectivity index (χ1n) is 5.29. The number of pyridine rings is 1. The molecule has 0 fully saturated rings. The van der Waals surface area contributed by atoms with E-state index in [1.165, 1.54) is 0 Å². The third kappa shape index (κ3) is 2.63. The summed E-state index contributed by atoms with van der Waals surface area (Å²) in [6, 6.07) is 8.29. The van der Waals surface area contributed by atoms with Gasteiger partial charge in [0.05, 0.1) is 6.20 Å². The molecule has 92 valence electrons. The van der Waals surface area contributed by atoms with Gasteiger partial charge in [0.2, 0.25) is 0 Å². The lowest BCUT2D eigenvalue weighted by atomic mass is 10.2. The van der Waals surface area contributed by atoms with E-state index < -0.39 is 11.8 Å². The number of hydrogen-bond acceptors (Lipinski definition) is 3. The first-order chi connectivity index (χ1) is 8.56. The number of aromatic nitrogens is 1. The van der Waals surface area contributed by atoms with Gasteiger partial charge >= 0.3 is 5.97 Å². The fourth-order valence-electron chi connectivity index (χ4n) is 1.48. The molecule has 0 aliphatic rings. The van der Waals surface area contributed by atoms with Crippen molar-refractivity contribution >= 4 is 17.5 Å². The van der Waals surface area contributed by atoms with E-state index in [4.69, 9.17) is 5.11 Å². The van der Waals surface area contributed by atoms with Crippen LogP contribution in [0.5, 0.6) is 0 Å². The maximum absolute atomic E-state index is 12.9. The van der Waals surface area contributed by atoms with Crippen molar-refractivity contribution in [1.82, 2.24) is 4.98 Å². The average Bonchev–Trinajstić information content (AvgIpc) is 2.34. The summed E-state index contributed by atoms with van der Waals surface area (Å²) in [4.78, 5) is 14.7. The van der Waals surface area contributed by atoms with Gasteiger partial charge < -0.3 is 10.4 Å². The normalized spacial score (nSPS) is 10.1. The van der Waals surface area contributed by atoms with E-state index >= 15 is 0 Å². The van der Waals surface area contributed by atoms with Gasteiger partial charge in [-0.2, -0.15) is 0 Å². The van der Waals surface area contributed by atoms with Gasteiger partial charge in [0.25, 0.3) is 0 Å². The zero-order valence-electron chi connectivity index (χ0n) is 9.64. The summed E-state index contributed by atoms with van der Waals surface area (Å²) >= 11 is 0. The van der Waals surface area contributed by atoms with Gasteiger partial charge in [0.15, 0.2) is 0 Å². The molecule has 2 N–H and O–H groups in total.